The maximum absolute atomic E-state index is 12.6. The molecular weight excluding hydrogens is 346 g/mol. The Morgan fingerprint density at radius 1 is 1.19 bits per heavy atom. The number of hydrogen-bond acceptors (Lipinski definition) is 5. The number of likely N-dealkylation sites (N-methyl/N-ethyl adjacent to an activating group) is 1. The van der Waals surface area contributed by atoms with Gasteiger partial charge in [-0.2, -0.15) is 0 Å². The summed E-state index contributed by atoms with van der Waals surface area (Å²) in [6.07, 6.45) is 3.57. The van der Waals surface area contributed by atoms with Crippen molar-refractivity contribution in [2.45, 2.75) is 51.2 Å². The second-order valence-electron chi connectivity index (χ2n) is 8.91. The molecule has 3 fully saturated rings. The van der Waals surface area contributed by atoms with E-state index in [-0.39, 0.29) is 23.5 Å². The molecule has 1 spiro atoms. The van der Waals surface area contributed by atoms with E-state index in [4.69, 9.17) is 9.47 Å². The van der Waals surface area contributed by atoms with Crippen LogP contribution < -0.4 is 5.32 Å². The van der Waals surface area contributed by atoms with Crippen LogP contribution >= 0.6 is 0 Å². The average molecular weight is 382 g/mol. The molecule has 154 valence electrons. The zero-order chi connectivity index (χ0) is 19.4. The molecule has 3 rings (SSSR count). The summed E-state index contributed by atoms with van der Waals surface area (Å²) >= 11 is 0. The molecule has 27 heavy (non-hydrogen) atoms. The van der Waals surface area contributed by atoms with Gasteiger partial charge < -0.3 is 19.7 Å². The van der Waals surface area contributed by atoms with Gasteiger partial charge in [0.15, 0.2) is 0 Å². The second kappa shape index (κ2) is 8.88. The molecular formula is C20H35N3O4. The molecule has 1 unspecified atom stereocenters. The largest absolute Gasteiger partial charge is 0.381 e. The SMILES string of the molecule is CC(C)CCC(=O)N1CC2(C1)CN(C)C(C(=O)NCC1CCOCC1)CO2. The quantitative estimate of drug-likeness (QED) is 0.740. The summed E-state index contributed by atoms with van der Waals surface area (Å²) in [4.78, 5) is 28.8. The molecule has 7 nitrogen and oxygen atoms in total. The molecule has 0 radical (unpaired) electrons. The van der Waals surface area contributed by atoms with Crippen LogP contribution in [0.5, 0.6) is 0 Å². The maximum Gasteiger partial charge on any atom is 0.239 e. The van der Waals surface area contributed by atoms with Crippen molar-refractivity contribution in [3.63, 3.8) is 0 Å². The van der Waals surface area contributed by atoms with Gasteiger partial charge in [0, 0.05) is 32.7 Å². The van der Waals surface area contributed by atoms with Gasteiger partial charge in [-0.1, -0.05) is 13.8 Å². The van der Waals surface area contributed by atoms with Crippen molar-refractivity contribution in [3.8, 4) is 0 Å². The number of carbonyl (C=O) groups excluding carboxylic acids is 2. The van der Waals surface area contributed by atoms with Crippen LogP contribution in [0.1, 0.15) is 39.5 Å². The number of rotatable bonds is 6. The number of amides is 2. The molecule has 2 amide bonds. The number of morpholine rings is 1. The van der Waals surface area contributed by atoms with Crippen LogP contribution in [0.25, 0.3) is 0 Å². The highest BCUT2D eigenvalue weighted by Crippen LogP contribution is 2.31. The molecule has 0 bridgehead atoms. The summed E-state index contributed by atoms with van der Waals surface area (Å²) in [5, 5.41) is 3.09. The fourth-order valence-electron chi connectivity index (χ4n) is 4.17. The molecule has 0 aromatic rings. The molecule has 0 aliphatic carbocycles. The summed E-state index contributed by atoms with van der Waals surface area (Å²) in [5.74, 6) is 1.32. The molecule has 3 aliphatic rings. The van der Waals surface area contributed by atoms with E-state index < -0.39 is 0 Å². The van der Waals surface area contributed by atoms with Crippen molar-refractivity contribution in [1.29, 1.82) is 0 Å². The predicted octanol–water partition coefficient (Wildman–Crippen LogP) is 0.877. The summed E-state index contributed by atoms with van der Waals surface area (Å²) in [6.45, 7) is 8.95. The third-order valence-electron chi connectivity index (χ3n) is 6.07. The van der Waals surface area contributed by atoms with Gasteiger partial charge in [0.25, 0.3) is 0 Å². The number of likely N-dealkylation sites (tertiary alicyclic amines) is 1. The first-order valence-corrected chi connectivity index (χ1v) is 10.4. The lowest BCUT2D eigenvalue weighted by Crippen LogP contribution is -2.73. The van der Waals surface area contributed by atoms with Crippen LogP contribution in [0.3, 0.4) is 0 Å². The molecule has 3 saturated heterocycles. The van der Waals surface area contributed by atoms with E-state index >= 15 is 0 Å². The van der Waals surface area contributed by atoms with Crippen LogP contribution in [-0.2, 0) is 19.1 Å². The summed E-state index contributed by atoms with van der Waals surface area (Å²) < 4.78 is 11.5. The highest BCUT2D eigenvalue weighted by atomic mass is 16.5. The molecule has 0 aromatic heterocycles. The maximum atomic E-state index is 12.6. The van der Waals surface area contributed by atoms with E-state index in [1.54, 1.807) is 0 Å². The molecule has 1 N–H and O–H groups in total. The number of nitrogens with one attached hydrogen (secondary N) is 1. The van der Waals surface area contributed by atoms with Gasteiger partial charge in [-0.3, -0.25) is 14.5 Å². The smallest absolute Gasteiger partial charge is 0.239 e. The highest BCUT2D eigenvalue weighted by Gasteiger charge is 2.51. The van der Waals surface area contributed by atoms with Crippen LogP contribution in [0.4, 0.5) is 0 Å². The van der Waals surface area contributed by atoms with Gasteiger partial charge in [-0.05, 0) is 38.1 Å². The summed E-state index contributed by atoms with van der Waals surface area (Å²) in [7, 11) is 1.98. The van der Waals surface area contributed by atoms with E-state index in [0.29, 0.717) is 44.5 Å². The van der Waals surface area contributed by atoms with E-state index in [1.807, 2.05) is 11.9 Å². The lowest BCUT2D eigenvalue weighted by molar-refractivity contribution is -0.201. The number of ether oxygens (including phenoxy) is 2. The van der Waals surface area contributed by atoms with Crippen molar-refractivity contribution < 1.29 is 19.1 Å². The first-order valence-electron chi connectivity index (χ1n) is 10.4. The highest BCUT2D eigenvalue weighted by molar-refractivity contribution is 5.82. The summed E-state index contributed by atoms with van der Waals surface area (Å²) in [6, 6.07) is -0.249. The Hall–Kier alpha value is -1.18. The molecule has 7 heteroatoms. The van der Waals surface area contributed by atoms with Gasteiger partial charge >= 0.3 is 0 Å². The number of carbonyl (C=O) groups is 2. The fourth-order valence-corrected chi connectivity index (χ4v) is 4.17. The molecule has 3 heterocycles. The first kappa shape index (κ1) is 20.6. The fraction of sp³-hybridized carbons (Fsp3) is 0.900. The van der Waals surface area contributed by atoms with Gasteiger partial charge in [-0.15, -0.1) is 0 Å². The zero-order valence-electron chi connectivity index (χ0n) is 17.0. The average Bonchev–Trinajstić information content (AvgIpc) is 2.62. The Labute approximate surface area is 162 Å². The van der Waals surface area contributed by atoms with Crippen LogP contribution in [0, 0.1) is 11.8 Å². The third-order valence-corrected chi connectivity index (χ3v) is 6.07. The van der Waals surface area contributed by atoms with Crippen molar-refractivity contribution >= 4 is 11.8 Å². The standard InChI is InChI=1S/C20H35N3O4/c1-15(2)4-5-18(24)23-13-20(14-23)12-22(3)17(11-27-20)19(25)21-10-16-6-8-26-9-7-16/h15-17H,4-14H2,1-3H3,(H,21,25). The number of hydrogen-bond donors (Lipinski definition) is 1. The van der Waals surface area contributed by atoms with E-state index in [9.17, 15) is 9.59 Å². The van der Waals surface area contributed by atoms with Crippen LogP contribution in [0.2, 0.25) is 0 Å². The Morgan fingerprint density at radius 3 is 2.52 bits per heavy atom. The minimum atomic E-state index is -0.292. The third kappa shape index (κ3) is 5.21. The van der Waals surface area contributed by atoms with Crippen molar-refractivity contribution in [2.24, 2.45) is 11.8 Å². The Kier molecular flexibility index (Phi) is 6.76. The van der Waals surface area contributed by atoms with Crippen molar-refractivity contribution in [2.75, 3.05) is 53.0 Å². The lowest BCUT2D eigenvalue weighted by atomic mass is 9.90. The lowest BCUT2D eigenvalue weighted by Gasteiger charge is -2.54. The van der Waals surface area contributed by atoms with Crippen LogP contribution in [0.15, 0.2) is 0 Å². The summed E-state index contributed by atoms with van der Waals surface area (Å²) in [5.41, 5.74) is -0.292. The van der Waals surface area contributed by atoms with Crippen molar-refractivity contribution in [1.82, 2.24) is 15.1 Å². The second-order valence-corrected chi connectivity index (χ2v) is 8.91. The van der Waals surface area contributed by atoms with E-state index in [1.165, 1.54) is 0 Å². The van der Waals surface area contributed by atoms with Crippen LogP contribution in [-0.4, -0.2) is 86.3 Å². The topological polar surface area (TPSA) is 71.1 Å². The minimum absolute atomic E-state index is 0.0445. The molecule has 0 aromatic carbocycles. The van der Waals surface area contributed by atoms with Crippen molar-refractivity contribution in [3.05, 3.63) is 0 Å². The Balaban J connectivity index is 1.40. The zero-order valence-corrected chi connectivity index (χ0v) is 17.0. The first-order chi connectivity index (χ1) is 12.9. The minimum Gasteiger partial charge on any atom is -0.381 e. The number of nitrogens with zero attached hydrogens (tertiary/aromatic N) is 2. The van der Waals surface area contributed by atoms with Gasteiger partial charge in [0.2, 0.25) is 11.8 Å². The van der Waals surface area contributed by atoms with Gasteiger partial charge in [0.05, 0.1) is 19.7 Å². The Bertz CT molecular complexity index is 527. The molecule has 3 aliphatic heterocycles. The van der Waals surface area contributed by atoms with E-state index in [2.05, 4.69) is 24.1 Å². The Morgan fingerprint density at radius 2 is 1.89 bits per heavy atom. The normalized spacial score (nSPS) is 26.2. The van der Waals surface area contributed by atoms with Gasteiger partial charge in [0.1, 0.15) is 11.6 Å². The predicted molar refractivity (Wildman–Crippen MR) is 102 cm³/mol. The van der Waals surface area contributed by atoms with Gasteiger partial charge in [-0.25, -0.2) is 0 Å². The monoisotopic (exact) mass is 381 g/mol. The molecule has 0 saturated carbocycles. The van der Waals surface area contributed by atoms with E-state index in [0.717, 1.165) is 39.0 Å². The molecule has 1 atom stereocenters.